The SMILES string of the molecule is C#CCC(=O)N(Cc1ccc(C)cc1)C(=O)N(CNc1cccc(C(F)(F)F)c1)Cc1ccc(C)c(C)c1. The molecule has 3 aromatic rings. The summed E-state index contributed by atoms with van der Waals surface area (Å²) in [5.41, 5.74) is 4.08. The molecule has 0 aliphatic carbocycles. The third kappa shape index (κ3) is 7.62. The fraction of sp³-hybridized carbons (Fsp3) is 0.267. The molecule has 0 atom stereocenters. The van der Waals surface area contributed by atoms with Crippen LogP contribution in [0.5, 0.6) is 0 Å². The smallest absolute Gasteiger partial charge is 0.368 e. The van der Waals surface area contributed by atoms with Gasteiger partial charge in [-0.05, 0) is 61.2 Å². The number of aryl methyl sites for hydroxylation is 3. The Bertz CT molecular complexity index is 1330. The van der Waals surface area contributed by atoms with Gasteiger partial charge in [0, 0.05) is 12.2 Å². The zero-order chi connectivity index (χ0) is 27.9. The maximum atomic E-state index is 13.8. The molecule has 3 aromatic carbocycles. The normalized spacial score (nSPS) is 11.0. The van der Waals surface area contributed by atoms with Gasteiger partial charge in [0.15, 0.2) is 0 Å². The Morgan fingerprint density at radius 3 is 2.21 bits per heavy atom. The summed E-state index contributed by atoms with van der Waals surface area (Å²) in [5.74, 6) is 1.75. The van der Waals surface area contributed by atoms with Crippen LogP contribution in [0.2, 0.25) is 0 Å². The first kappa shape index (κ1) is 28.3. The van der Waals surface area contributed by atoms with Crippen LogP contribution in [0.4, 0.5) is 23.7 Å². The van der Waals surface area contributed by atoms with Gasteiger partial charge >= 0.3 is 12.2 Å². The molecule has 3 amide bonds. The van der Waals surface area contributed by atoms with E-state index in [1.54, 1.807) is 0 Å². The van der Waals surface area contributed by atoms with Crippen LogP contribution in [-0.2, 0) is 24.1 Å². The van der Waals surface area contributed by atoms with Gasteiger partial charge in [-0.1, -0.05) is 60.0 Å². The Balaban J connectivity index is 1.92. The molecular formula is C30H30F3N3O2. The fourth-order valence-electron chi connectivity index (χ4n) is 3.80. The molecule has 0 fully saturated rings. The number of nitrogens with one attached hydrogen (secondary N) is 1. The lowest BCUT2D eigenvalue weighted by atomic mass is 10.1. The highest BCUT2D eigenvalue weighted by Crippen LogP contribution is 2.30. The maximum absolute atomic E-state index is 13.8. The number of alkyl halides is 3. The van der Waals surface area contributed by atoms with Crippen molar-refractivity contribution >= 4 is 17.6 Å². The van der Waals surface area contributed by atoms with Crippen LogP contribution in [-0.4, -0.2) is 28.4 Å². The van der Waals surface area contributed by atoms with E-state index in [1.807, 2.05) is 63.2 Å². The molecule has 0 aliphatic rings. The van der Waals surface area contributed by atoms with Crippen molar-refractivity contribution in [1.82, 2.24) is 9.80 Å². The number of amides is 3. The van der Waals surface area contributed by atoms with Crippen LogP contribution < -0.4 is 5.32 Å². The molecule has 1 N–H and O–H groups in total. The number of urea groups is 1. The molecule has 198 valence electrons. The van der Waals surface area contributed by atoms with Crippen molar-refractivity contribution in [2.45, 2.75) is 46.5 Å². The van der Waals surface area contributed by atoms with Crippen LogP contribution in [0.15, 0.2) is 66.7 Å². The number of rotatable bonds is 8. The Kier molecular flexibility index (Phi) is 9.19. The predicted octanol–water partition coefficient (Wildman–Crippen LogP) is 6.67. The molecule has 8 heteroatoms. The Morgan fingerprint density at radius 2 is 1.58 bits per heavy atom. The Hall–Kier alpha value is -4.25. The molecule has 0 spiro atoms. The molecule has 0 heterocycles. The van der Waals surface area contributed by atoms with E-state index in [4.69, 9.17) is 6.42 Å². The summed E-state index contributed by atoms with van der Waals surface area (Å²) in [7, 11) is 0. The number of terminal acetylenes is 1. The largest absolute Gasteiger partial charge is 0.416 e. The minimum atomic E-state index is -4.50. The number of imide groups is 1. The highest BCUT2D eigenvalue weighted by Gasteiger charge is 2.31. The van der Waals surface area contributed by atoms with E-state index in [9.17, 15) is 22.8 Å². The van der Waals surface area contributed by atoms with Crippen molar-refractivity contribution in [3.8, 4) is 12.3 Å². The van der Waals surface area contributed by atoms with Crippen molar-refractivity contribution < 1.29 is 22.8 Å². The summed E-state index contributed by atoms with van der Waals surface area (Å²) < 4.78 is 39.6. The maximum Gasteiger partial charge on any atom is 0.416 e. The minimum Gasteiger partial charge on any atom is -0.368 e. The summed E-state index contributed by atoms with van der Waals surface area (Å²) in [4.78, 5) is 29.2. The van der Waals surface area contributed by atoms with E-state index >= 15 is 0 Å². The lowest BCUT2D eigenvalue weighted by molar-refractivity contribution is -0.137. The summed E-state index contributed by atoms with van der Waals surface area (Å²) in [5, 5.41) is 2.91. The molecule has 5 nitrogen and oxygen atoms in total. The van der Waals surface area contributed by atoms with Gasteiger partial charge in [0.05, 0.1) is 25.2 Å². The highest BCUT2D eigenvalue weighted by atomic mass is 19.4. The monoisotopic (exact) mass is 521 g/mol. The Labute approximate surface area is 221 Å². The van der Waals surface area contributed by atoms with Crippen molar-refractivity contribution in [2.75, 3.05) is 12.0 Å². The van der Waals surface area contributed by atoms with E-state index in [0.717, 1.165) is 44.8 Å². The molecule has 0 aromatic heterocycles. The lowest BCUT2D eigenvalue weighted by Gasteiger charge is -2.30. The van der Waals surface area contributed by atoms with E-state index in [-0.39, 0.29) is 31.9 Å². The van der Waals surface area contributed by atoms with E-state index < -0.39 is 23.7 Å². The average molecular weight is 522 g/mol. The van der Waals surface area contributed by atoms with Crippen LogP contribution in [0.25, 0.3) is 0 Å². The number of hydrogen-bond donors (Lipinski definition) is 1. The number of halogens is 3. The van der Waals surface area contributed by atoms with Crippen LogP contribution in [0.1, 0.15) is 39.8 Å². The van der Waals surface area contributed by atoms with Gasteiger partial charge in [-0.25, -0.2) is 4.79 Å². The van der Waals surface area contributed by atoms with Crippen LogP contribution in [0.3, 0.4) is 0 Å². The number of carbonyl (C=O) groups excluding carboxylic acids is 2. The summed E-state index contributed by atoms with van der Waals surface area (Å²) in [6.07, 6.45) is 0.600. The summed E-state index contributed by atoms with van der Waals surface area (Å²) >= 11 is 0. The predicted molar refractivity (Wildman–Crippen MR) is 142 cm³/mol. The molecule has 0 bridgehead atoms. The van der Waals surface area contributed by atoms with Gasteiger partial charge in [0.1, 0.15) is 0 Å². The number of carbonyl (C=O) groups is 2. The first-order valence-corrected chi connectivity index (χ1v) is 12.0. The van der Waals surface area contributed by atoms with Gasteiger partial charge in [0.25, 0.3) is 0 Å². The molecule has 0 unspecified atom stereocenters. The number of benzene rings is 3. The second kappa shape index (κ2) is 12.3. The highest BCUT2D eigenvalue weighted by molar-refractivity contribution is 5.95. The van der Waals surface area contributed by atoms with Crippen molar-refractivity contribution in [1.29, 1.82) is 0 Å². The lowest BCUT2D eigenvalue weighted by Crippen LogP contribution is -2.47. The first-order chi connectivity index (χ1) is 18.0. The second-order valence-electron chi connectivity index (χ2n) is 9.16. The molecule has 0 radical (unpaired) electrons. The van der Waals surface area contributed by atoms with E-state index in [2.05, 4.69) is 11.2 Å². The third-order valence-electron chi connectivity index (χ3n) is 6.13. The fourth-order valence-corrected chi connectivity index (χ4v) is 3.80. The van der Waals surface area contributed by atoms with Crippen molar-refractivity contribution in [2.24, 2.45) is 0 Å². The zero-order valence-electron chi connectivity index (χ0n) is 21.6. The number of anilines is 1. The van der Waals surface area contributed by atoms with Gasteiger partial charge in [-0.2, -0.15) is 13.2 Å². The summed E-state index contributed by atoms with van der Waals surface area (Å²) in [6.45, 7) is 5.85. The number of hydrogen-bond acceptors (Lipinski definition) is 3. The first-order valence-electron chi connectivity index (χ1n) is 12.0. The van der Waals surface area contributed by atoms with E-state index in [1.165, 1.54) is 17.0 Å². The van der Waals surface area contributed by atoms with Crippen LogP contribution >= 0.6 is 0 Å². The average Bonchev–Trinajstić information content (AvgIpc) is 2.87. The molecule has 38 heavy (non-hydrogen) atoms. The van der Waals surface area contributed by atoms with Crippen molar-refractivity contribution in [3.63, 3.8) is 0 Å². The topological polar surface area (TPSA) is 52.7 Å². The van der Waals surface area contributed by atoms with Gasteiger partial charge in [0.2, 0.25) is 5.91 Å². The standard InChI is InChI=1S/C30H30F3N3O2/c1-5-7-28(37)36(19-24-13-10-21(2)11-14-24)29(38)35(18-25-15-12-22(3)23(4)16-25)20-34-27-9-6-8-26(17-27)30(31,32)33/h1,6,8-17,34H,7,18-20H2,2-4H3. The van der Waals surface area contributed by atoms with Gasteiger partial charge < -0.3 is 10.2 Å². The van der Waals surface area contributed by atoms with Crippen LogP contribution in [0, 0.1) is 33.1 Å². The van der Waals surface area contributed by atoms with E-state index in [0.29, 0.717) is 0 Å². The Morgan fingerprint density at radius 1 is 0.895 bits per heavy atom. The quantitative estimate of drug-likeness (QED) is 0.266. The molecule has 3 rings (SSSR count). The molecule has 0 saturated heterocycles. The number of nitrogens with zero attached hydrogens (tertiary/aromatic N) is 2. The minimum absolute atomic E-state index is 0.00656. The summed E-state index contributed by atoms with van der Waals surface area (Å²) in [6, 6.07) is 17.3. The zero-order valence-corrected chi connectivity index (χ0v) is 21.6. The van der Waals surface area contributed by atoms with Crippen molar-refractivity contribution in [3.05, 3.63) is 100 Å². The van der Waals surface area contributed by atoms with Gasteiger partial charge in [-0.3, -0.25) is 9.69 Å². The second-order valence-corrected chi connectivity index (χ2v) is 9.16. The molecule has 0 saturated carbocycles. The van der Waals surface area contributed by atoms with Gasteiger partial charge in [-0.15, -0.1) is 6.42 Å². The third-order valence-corrected chi connectivity index (χ3v) is 6.13. The molecule has 0 aliphatic heterocycles. The molecular weight excluding hydrogens is 491 g/mol.